The van der Waals surface area contributed by atoms with Crippen LogP contribution < -0.4 is 4.74 Å². The number of aromatic nitrogens is 3. The van der Waals surface area contributed by atoms with Gasteiger partial charge in [0.15, 0.2) is 0 Å². The number of aromatic amines is 1. The van der Waals surface area contributed by atoms with Gasteiger partial charge in [-0.15, -0.1) is 0 Å². The zero-order valence-corrected chi connectivity index (χ0v) is 17.0. The molecule has 0 atom stereocenters. The Labute approximate surface area is 178 Å². The standard InChI is InChI=1S/C23H20N4O4/c1-13(2)30-20-7-4-15(10-17(20)12-24)23-26-22(27-31-23)14-3-6-19-16(9-14)11-18(25-19)5-8-21(28)29/h3-4,6-7,9-11,13,25H,5,8H2,1-2H3,(H,28,29). The molecule has 0 radical (unpaired) electrons. The smallest absolute Gasteiger partial charge is 0.303 e. The lowest BCUT2D eigenvalue weighted by molar-refractivity contribution is -0.136. The normalized spacial score (nSPS) is 11.0. The Kier molecular flexibility index (Phi) is 5.41. The highest BCUT2D eigenvalue weighted by Crippen LogP contribution is 2.29. The Hall–Kier alpha value is -4.12. The van der Waals surface area contributed by atoms with Gasteiger partial charge < -0.3 is 19.4 Å². The first kappa shape index (κ1) is 20.2. The Bertz CT molecular complexity index is 1300. The minimum absolute atomic E-state index is 0.0408. The number of fused-ring (bicyclic) bond motifs is 1. The van der Waals surface area contributed by atoms with Gasteiger partial charge in [0, 0.05) is 27.7 Å². The van der Waals surface area contributed by atoms with Crippen molar-refractivity contribution >= 4 is 16.9 Å². The van der Waals surface area contributed by atoms with Crippen molar-refractivity contribution in [3.63, 3.8) is 0 Å². The van der Waals surface area contributed by atoms with Crippen molar-refractivity contribution < 1.29 is 19.2 Å². The Morgan fingerprint density at radius 2 is 2.03 bits per heavy atom. The predicted molar refractivity (Wildman–Crippen MR) is 113 cm³/mol. The summed E-state index contributed by atoms with van der Waals surface area (Å²) in [6, 6.07) is 14.9. The van der Waals surface area contributed by atoms with Crippen LogP contribution in [0, 0.1) is 11.3 Å². The average Bonchev–Trinajstić information content (AvgIpc) is 3.38. The number of hydrogen-bond acceptors (Lipinski definition) is 6. The minimum atomic E-state index is -0.831. The molecule has 8 nitrogen and oxygen atoms in total. The fourth-order valence-corrected chi connectivity index (χ4v) is 3.27. The highest BCUT2D eigenvalue weighted by Gasteiger charge is 2.15. The van der Waals surface area contributed by atoms with Gasteiger partial charge in [0.25, 0.3) is 5.89 Å². The molecule has 0 saturated heterocycles. The molecular weight excluding hydrogens is 396 g/mol. The van der Waals surface area contributed by atoms with Crippen LogP contribution in [-0.2, 0) is 11.2 Å². The SMILES string of the molecule is CC(C)Oc1ccc(-c2nc(-c3ccc4[nH]c(CCC(=O)O)cc4c3)no2)cc1C#N. The van der Waals surface area contributed by atoms with Crippen molar-refractivity contribution in [2.24, 2.45) is 0 Å². The first-order chi connectivity index (χ1) is 14.9. The van der Waals surface area contributed by atoms with Gasteiger partial charge in [0.2, 0.25) is 5.82 Å². The number of benzene rings is 2. The number of carbonyl (C=O) groups is 1. The lowest BCUT2D eigenvalue weighted by atomic mass is 10.1. The van der Waals surface area contributed by atoms with Crippen LogP contribution in [0.2, 0.25) is 0 Å². The summed E-state index contributed by atoms with van der Waals surface area (Å²) in [4.78, 5) is 18.5. The van der Waals surface area contributed by atoms with E-state index < -0.39 is 5.97 Å². The number of nitrogens with zero attached hydrogens (tertiary/aromatic N) is 3. The molecule has 4 rings (SSSR count). The molecule has 0 aliphatic carbocycles. The summed E-state index contributed by atoms with van der Waals surface area (Å²) in [6.07, 6.45) is 0.462. The molecule has 2 heterocycles. The Morgan fingerprint density at radius 3 is 2.77 bits per heavy atom. The van der Waals surface area contributed by atoms with Crippen LogP contribution in [0.3, 0.4) is 0 Å². The molecule has 2 N–H and O–H groups in total. The number of nitriles is 1. The second-order valence-electron chi connectivity index (χ2n) is 7.40. The molecule has 0 bridgehead atoms. The lowest BCUT2D eigenvalue weighted by Crippen LogP contribution is -2.06. The topological polar surface area (TPSA) is 125 Å². The number of H-pyrrole nitrogens is 1. The van der Waals surface area contributed by atoms with Gasteiger partial charge >= 0.3 is 5.97 Å². The van der Waals surface area contributed by atoms with E-state index in [1.54, 1.807) is 18.2 Å². The van der Waals surface area contributed by atoms with E-state index >= 15 is 0 Å². The molecule has 0 aliphatic rings. The molecule has 2 aromatic carbocycles. The van der Waals surface area contributed by atoms with Crippen molar-refractivity contribution in [2.45, 2.75) is 32.8 Å². The van der Waals surface area contributed by atoms with Crippen LogP contribution >= 0.6 is 0 Å². The monoisotopic (exact) mass is 416 g/mol. The average molecular weight is 416 g/mol. The van der Waals surface area contributed by atoms with Crippen LogP contribution in [0.4, 0.5) is 0 Å². The molecule has 156 valence electrons. The number of aliphatic carboxylic acids is 1. The third-order valence-electron chi connectivity index (χ3n) is 4.68. The first-order valence-electron chi connectivity index (χ1n) is 9.81. The van der Waals surface area contributed by atoms with E-state index in [0.29, 0.717) is 35.0 Å². The van der Waals surface area contributed by atoms with Crippen LogP contribution in [0.25, 0.3) is 33.7 Å². The second-order valence-corrected chi connectivity index (χ2v) is 7.40. The molecule has 0 spiro atoms. The molecular formula is C23H20N4O4. The third kappa shape index (κ3) is 4.41. The zero-order valence-electron chi connectivity index (χ0n) is 17.0. The zero-order chi connectivity index (χ0) is 22.0. The fourth-order valence-electron chi connectivity index (χ4n) is 3.27. The van der Waals surface area contributed by atoms with Crippen molar-refractivity contribution in [1.29, 1.82) is 5.26 Å². The summed E-state index contributed by atoms with van der Waals surface area (Å²) in [5.41, 5.74) is 3.56. The summed E-state index contributed by atoms with van der Waals surface area (Å²) in [6.45, 7) is 3.80. The van der Waals surface area contributed by atoms with E-state index in [-0.39, 0.29) is 12.5 Å². The quantitative estimate of drug-likeness (QED) is 0.452. The largest absolute Gasteiger partial charge is 0.490 e. The molecule has 0 amide bonds. The summed E-state index contributed by atoms with van der Waals surface area (Å²) in [7, 11) is 0. The van der Waals surface area contributed by atoms with Gasteiger partial charge in [-0.2, -0.15) is 10.2 Å². The van der Waals surface area contributed by atoms with Gasteiger partial charge in [0.05, 0.1) is 18.1 Å². The van der Waals surface area contributed by atoms with Gasteiger partial charge in [-0.05, 0) is 62.7 Å². The van der Waals surface area contributed by atoms with Gasteiger partial charge in [-0.3, -0.25) is 4.79 Å². The number of aryl methyl sites for hydroxylation is 1. The van der Waals surface area contributed by atoms with E-state index in [2.05, 4.69) is 21.2 Å². The Morgan fingerprint density at radius 1 is 1.23 bits per heavy atom. The number of carboxylic acid groups (broad SMARTS) is 1. The van der Waals surface area contributed by atoms with Crippen LogP contribution in [0.1, 0.15) is 31.5 Å². The summed E-state index contributed by atoms with van der Waals surface area (Å²) < 4.78 is 11.1. The molecule has 0 fully saturated rings. The number of hydrogen-bond donors (Lipinski definition) is 2. The molecule has 2 aromatic heterocycles. The van der Waals surface area contributed by atoms with E-state index in [4.69, 9.17) is 14.4 Å². The second kappa shape index (κ2) is 8.32. The van der Waals surface area contributed by atoms with Gasteiger partial charge in [0.1, 0.15) is 11.8 Å². The molecule has 31 heavy (non-hydrogen) atoms. The summed E-state index contributed by atoms with van der Waals surface area (Å²) in [5, 5.41) is 23.3. The molecule has 8 heteroatoms. The number of carboxylic acids is 1. The van der Waals surface area contributed by atoms with Crippen LogP contribution in [0.15, 0.2) is 47.0 Å². The third-order valence-corrected chi connectivity index (χ3v) is 4.68. The molecule has 0 aliphatic heterocycles. The van der Waals surface area contributed by atoms with Crippen LogP contribution in [-0.4, -0.2) is 32.3 Å². The summed E-state index contributed by atoms with van der Waals surface area (Å²) in [5.74, 6) is 0.407. The van der Waals surface area contributed by atoms with E-state index in [9.17, 15) is 10.1 Å². The van der Waals surface area contributed by atoms with E-state index in [1.165, 1.54) is 0 Å². The highest BCUT2D eigenvalue weighted by molar-refractivity contribution is 5.85. The van der Waals surface area contributed by atoms with E-state index in [1.807, 2.05) is 38.1 Å². The lowest BCUT2D eigenvalue weighted by Gasteiger charge is -2.11. The molecule has 0 unspecified atom stereocenters. The maximum absolute atomic E-state index is 10.8. The number of ether oxygens (including phenoxy) is 1. The maximum atomic E-state index is 10.8. The van der Waals surface area contributed by atoms with Crippen molar-refractivity contribution in [3.05, 3.63) is 53.7 Å². The van der Waals surface area contributed by atoms with Crippen molar-refractivity contribution in [2.75, 3.05) is 0 Å². The molecule has 4 aromatic rings. The van der Waals surface area contributed by atoms with Crippen molar-refractivity contribution in [1.82, 2.24) is 15.1 Å². The van der Waals surface area contributed by atoms with Gasteiger partial charge in [-0.1, -0.05) is 5.16 Å². The van der Waals surface area contributed by atoms with Crippen molar-refractivity contribution in [3.8, 4) is 34.7 Å². The summed E-state index contributed by atoms with van der Waals surface area (Å²) >= 11 is 0. The fraction of sp³-hybridized carbons (Fsp3) is 0.217. The van der Waals surface area contributed by atoms with E-state index in [0.717, 1.165) is 22.2 Å². The van der Waals surface area contributed by atoms with Crippen LogP contribution in [0.5, 0.6) is 5.75 Å². The Balaban J connectivity index is 1.60. The highest BCUT2D eigenvalue weighted by atomic mass is 16.5. The molecule has 0 saturated carbocycles. The number of rotatable bonds is 7. The van der Waals surface area contributed by atoms with Gasteiger partial charge in [-0.25, -0.2) is 0 Å². The minimum Gasteiger partial charge on any atom is -0.490 e. The maximum Gasteiger partial charge on any atom is 0.303 e. The number of nitrogens with one attached hydrogen (secondary N) is 1. The predicted octanol–water partition coefficient (Wildman–Crippen LogP) is 4.56. The first-order valence-corrected chi connectivity index (χ1v) is 9.81.